The third-order valence-corrected chi connectivity index (χ3v) is 4.25. The van der Waals surface area contributed by atoms with Crippen molar-refractivity contribution in [1.29, 1.82) is 0 Å². The van der Waals surface area contributed by atoms with Crippen LogP contribution in [0.2, 0.25) is 0 Å². The maximum Gasteiger partial charge on any atom is 0.387 e. The Morgan fingerprint density at radius 3 is 2.48 bits per heavy atom. The Morgan fingerprint density at radius 1 is 1.19 bits per heavy atom. The largest absolute Gasteiger partial charge is 0.433 e. The average Bonchev–Trinajstić information content (AvgIpc) is 2.74. The van der Waals surface area contributed by atoms with Crippen LogP contribution in [-0.4, -0.2) is 30.8 Å². The van der Waals surface area contributed by atoms with Gasteiger partial charge in [-0.2, -0.15) is 8.78 Å². The van der Waals surface area contributed by atoms with Crippen LogP contribution in [0, 0.1) is 5.82 Å². The molecule has 1 amide bonds. The highest BCUT2D eigenvalue weighted by molar-refractivity contribution is 5.69. The van der Waals surface area contributed by atoms with Gasteiger partial charge < -0.3 is 20.5 Å². The van der Waals surface area contributed by atoms with Crippen LogP contribution < -0.4 is 10.6 Å². The molecular weight excluding hydrogens is 409 g/mol. The van der Waals surface area contributed by atoms with Crippen molar-refractivity contribution < 1.29 is 27.8 Å². The van der Waals surface area contributed by atoms with Crippen molar-refractivity contribution in [3.63, 3.8) is 0 Å². The number of carbonyl (C=O) groups excluding carboxylic acids is 1. The minimum atomic E-state index is -2.98. The molecule has 8 heteroatoms. The highest BCUT2D eigenvalue weighted by Gasteiger charge is 2.21. The van der Waals surface area contributed by atoms with Crippen LogP contribution in [0.5, 0.6) is 0 Å². The molecule has 2 aromatic carbocycles. The van der Waals surface area contributed by atoms with Gasteiger partial charge in [0.1, 0.15) is 11.6 Å². The molecule has 1 unspecified atom stereocenters. The summed E-state index contributed by atoms with van der Waals surface area (Å²) in [5.41, 5.74) is 2.74. The monoisotopic (exact) mass is 434 g/mol. The van der Waals surface area contributed by atoms with Crippen molar-refractivity contribution in [2.24, 2.45) is 0 Å². The van der Waals surface area contributed by atoms with E-state index >= 15 is 0 Å². The molecular formula is C23H25F3N2O3. The molecule has 0 aromatic heterocycles. The third kappa shape index (κ3) is 7.82. The summed E-state index contributed by atoms with van der Waals surface area (Å²) in [5.74, 6) is -0.499. The zero-order valence-electron chi connectivity index (χ0n) is 17.0. The van der Waals surface area contributed by atoms with Gasteiger partial charge >= 0.3 is 6.61 Å². The van der Waals surface area contributed by atoms with E-state index in [2.05, 4.69) is 15.4 Å². The normalized spacial score (nSPS) is 15.1. The Balaban J connectivity index is 0.00000107. The van der Waals surface area contributed by atoms with Gasteiger partial charge in [-0.1, -0.05) is 42.5 Å². The van der Waals surface area contributed by atoms with E-state index in [1.54, 1.807) is 19.1 Å². The first kappa shape index (κ1) is 24.0. The van der Waals surface area contributed by atoms with Crippen molar-refractivity contribution in [2.75, 3.05) is 6.61 Å². The fourth-order valence-corrected chi connectivity index (χ4v) is 2.98. The minimum absolute atomic E-state index is 0.0351. The van der Waals surface area contributed by atoms with Gasteiger partial charge in [0.2, 0.25) is 6.41 Å². The fourth-order valence-electron chi connectivity index (χ4n) is 2.98. The van der Waals surface area contributed by atoms with E-state index in [0.29, 0.717) is 30.6 Å². The number of halogens is 3. The second-order valence-corrected chi connectivity index (χ2v) is 6.57. The molecule has 5 nitrogen and oxygen atoms in total. The lowest BCUT2D eigenvalue weighted by atomic mass is 9.99. The lowest BCUT2D eigenvalue weighted by molar-refractivity contribution is -0.109. The number of alkyl halides is 2. The fraction of sp³-hybridized carbons (Fsp3) is 0.261. The second-order valence-electron chi connectivity index (χ2n) is 6.57. The van der Waals surface area contributed by atoms with Gasteiger partial charge in [-0.05, 0) is 42.7 Å². The standard InChI is InChI=1S/C21H19F3N2O2.C2H6O/c22-17-3-1-2-16(11-17)20-19(28-21(23)24)9-8-18(26-20)10-14-4-6-15(7-5-14)12-25-13-27;1-2-3/h1-9,11,13,18,21,26H,10,12H2,(H,25,27);3H,2H2,1H3. The van der Waals surface area contributed by atoms with Crippen molar-refractivity contribution in [2.45, 2.75) is 32.5 Å². The molecule has 166 valence electrons. The van der Waals surface area contributed by atoms with Gasteiger partial charge in [-0.25, -0.2) is 4.39 Å². The third-order valence-electron chi connectivity index (χ3n) is 4.25. The Labute approximate surface area is 179 Å². The van der Waals surface area contributed by atoms with Crippen LogP contribution in [0.4, 0.5) is 13.2 Å². The Morgan fingerprint density at radius 2 is 1.87 bits per heavy atom. The molecule has 0 saturated carbocycles. The maximum absolute atomic E-state index is 13.6. The van der Waals surface area contributed by atoms with Crippen LogP contribution in [-0.2, 0) is 22.5 Å². The van der Waals surface area contributed by atoms with Gasteiger partial charge in [0, 0.05) is 24.8 Å². The first-order valence-corrected chi connectivity index (χ1v) is 9.72. The molecule has 0 saturated heterocycles. The van der Waals surface area contributed by atoms with Crippen LogP contribution in [0.15, 0.2) is 66.4 Å². The van der Waals surface area contributed by atoms with Gasteiger partial charge in [-0.15, -0.1) is 0 Å². The number of aliphatic hydroxyl groups is 1. The van der Waals surface area contributed by atoms with Gasteiger partial charge in [-0.3, -0.25) is 4.79 Å². The van der Waals surface area contributed by atoms with Crippen molar-refractivity contribution in [3.8, 4) is 0 Å². The summed E-state index contributed by atoms with van der Waals surface area (Å²) in [6.07, 6.45) is 4.46. The molecule has 1 aliphatic heterocycles. The molecule has 1 heterocycles. The van der Waals surface area contributed by atoms with E-state index in [1.165, 1.54) is 24.3 Å². The SMILES string of the molecule is CCO.O=CNCc1ccc(CC2C=CC(OC(F)F)=C(c3cccc(F)c3)N2)cc1. The van der Waals surface area contributed by atoms with E-state index in [9.17, 15) is 18.0 Å². The van der Waals surface area contributed by atoms with E-state index in [0.717, 1.165) is 11.1 Å². The van der Waals surface area contributed by atoms with E-state index in [-0.39, 0.29) is 18.4 Å². The summed E-state index contributed by atoms with van der Waals surface area (Å²) in [7, 11) is 0. The average molecular weight is 434 g/mol. The predicted molar refractivity (Wildman–Crippen MR) is 112 cm³/mol. The van der Waals surface area contributed by atoms with Gasteiger partial charge in [0.25, 0.3) is 0 Å². The first-order valence-electron chi connectivity index (χ1n) is 9.72. The number of ether oxygens (including phenoxy) is 1. The number of benzene rings is 2. The molecule has 2 aromatic rings. The van der Waals surface area contributed by atoms with E-state index < -0.39 is 12.4 Å². The molecule has 31 heavy (non-hydrogen) atoms. The lowest BCUT2D eigenvalue weighted by Crippen LogP contribution is -2.32. The zero-order valence-corrected chi connectivity index (χ0v) is 17.0. The lowest BCUT2D eigenvalue weighted by Gasteiger charge is -2.25. The van der Waals surface area contributed by atoms with Crippen LogP contribution in [0.25, 0.3) is 5.70 Å². The van der Waals surface area contributed by atoms with E-state index in [4.69, 9.17) is 5.11 Å². The number of amides is 1. The summed E-state index contributed by atoms with van der Waals surface area (Å²) >= 11 is 0. The number of hydrogen-bond donors (Lipinski definition) is 3. The Bertz CT molecular complexity index is 899. The van der Waals surface area contributed by atoms with Gasteiger partial charge in [0.05, 0.1) is 5.70 Å². The number of aliphatic hydroxyl groups excluding tert-OH is 1. The molecule has 0 radical (unpaired) electrons. The first-order chi connectivity index (χ1) is 15.0. The zero-order chi connectivity index (χ0) is 22.6. The molecule has 3 rings (SSSR count). The molecule has 0 aliphatic carbocycles. The molecule has 0 spiro atoms. The van der Waals surface area contributed by atoms with E-state index in [1.807, 2.05) is 24.3 Å². The quantitative estimate of drug-likeness (QED) is 0.554. The van der Waals surface area contributed by atoms with Crippen molar-refractivity contribution in [3.05, 3.63) is 88.9 Å². The van der Waals surface area contributed by atoms with Crippen molar-refractivity contribution >= 4 is 12.1 Å². The number of hydrogen-bond acceptors (Lipinski definition) is 4. The van der Waals surface area contributed by atoms with Crippen molar-refractivity contribution in [1.82, 2.24) is 10.6 Å². The number of nitrogens with one attached hydrogen (secondary N) is 2. The summed E-state index contributed by atoms with van der Waals surface area (Å²) in [6.45, 7) is -0.597. The minimum Gasteiger partial charge on any atom is -0.433 e. The number of carbonyl (C=O) groups is 1. The molecule has 1 atom stereocenters. The smallest absolute Gasteiger partial charge is 0.387 e. The number of allylic oxidation sites excluding steroid dienone is 1. The molecule has 1 aliphatic rings. The van der Waals surface area contributed by atoms with Crippen LogP contribution >= 0.6 is 0 Å². The Kier molecular flexibility index (Phi) is 9.64. The summed E-state index contributed by atoms with van der Waals surface area (Å²) in [5, 5.41) is 13.3. The molecule has 0 bridgehead atoms. The highest BCUT2D eigenvalue weighted by atomic mass is 19.3. The Hall–Kier alpha value is -3.26. The second kappa shape index (κ2) is 12.4. The highest BCUT2D eigenvalue weighted by Crippen LogP contribution is 2.25. The molecule has 3 N–H and O–H groups in total. The number of dihydropyridines is 1. The van der Waals surface area contributed by atoms with Crippen LogP contribution in [0.1, 0.15) is 23.6 Å². The summed E-state index contributed by atoms with van der Waals surface area (Å²) in [4.78, 5) is 10.4. The van der Waals surface area contributed by atoms with Crippen LogP contribution in [0.3, 0.4) is 0 Å². The predicted octanol–water partition coefficient (Wildman–Crippen LogP) is 3.75. The molecule has 0 fully saturated rings. The summed E-state index contributed by atoms with van der Waals surface area (Å²) < 4.78 is 43.7. The topological polar surface area (TPSA) is 70.6 Å². The number of rotatable bonds is 8. The maximum atomic E-state index is 13.6. The summed E-state index contributed by atoms with van der Waals surface area (Å²) in [6, 6.07) is 13.2. The van der Waals surface area contributed by atoms with Gasteiger partial charge in [0.15, 0.2) is 0 Å².